The number of rotatable bonds is 10. The van der Waals surface area contributed by atoms with Gasteiger partial charge in [0.25, 0.3) is 11.8 Å². The number of amides is 2. The molecule has 0 aliphatic heterocycles. The number of carbonyl (C=O) groups is 2. The van der Waals surface area contributed by atoms with Gasteiger partial charge in [0.2, 0.25) is 0 Å². The molecule has 34 heavy (non-hydrogen) atoms. The Hall–Kier alpha value is -4.00. The first-order valence-electron chi connectivity index (χ1n) is 11.0. The third-order valence-corrected chi connectivity index (χ3v) is 5.28. The van der Waals surface area contributed by atoms with Crippen molar-refractivity contribution in [3.63, 3.8) is 0 Å². The number of ether oxygens (including phenoxy) is 3. The summed E-state index contributed by atoms with van der Waals surface area (Å²) in [5, 5.41) is 5.71. The van der Waals surface area contributed by atoms with Gasteiger partial charge in [-0.2, -0.15) is 0 Å². The third-order valence-electron chi connectivity index (χ3n) is 5.28. The van der Waals surface area contributed by atoms with Crippen LogP contribution >= 0.6 is 0 Å². The van der Waals surface area contributed by atoms with E-state index in [1.165, 1.54) is 0 Å². The van der Waals surface area contributed by atoms with Crippen LogP contribution in [-0.4, -0.2) is 38.7 Å². The zero-order valence-electron chi connectivity index (χ0n) is 19.9. The largest absolute Gasteiger partial charge is 0.493 e. The third kappa shape index (κ3) is 6.51. The van der Waals surface area contributed by atoms with Crippen LogP contribution in [-0.2, 0) is 11.2 Å². The SMILES string of the molecule is COc1ccc(CCNC(=O)c2ccccc2NC(=O)[C@@H](C)Oc2ccc(C)cc2)cc1OC. The fraction of sp³-hybridized carbons (Fsp3) is 0.259. The molecule has 0 aliphatic rings. The average molecular weight is 463 g/mol. The quantitative estimate of drug-likeness (QED) is 0.467. The van der Waals surface area contributed by atoms with Gasteiger partial charge in [-0.25, -0.2) is 0 Å². The van der Waals surface area contributed by atoms with Crippen molar-refractivity contribution in [2.75, 3.05) is 26.1 Å². The van der Waals surface area contributed by atoms with Crippen molar-refractivity contribution < 1.29 is 23.8 Å². The summed E-state index contributed by atoms with van der Waals surface area (Å²) in [7, 11) is 3.17. The molecule has 0 saturated heterocycles. The molecule has 0 radical (unpaired) electrons. The van der Waals surface area contributed by atoms with E-state index < -0.39 is 6.10 Å². The molecule has 0 unspecified atom stereocenters. The van der Waals surface area contributed by atoms with Crippen molar-refractivity contribution in [2.24, 2.45) is 0 Å². The summed E-state index contributed by atoms with van der Waals surface area (Å²) in [6.45, 7) is 4.07. The van der Waals surface area contributed by atoms with E-state index in [2.05, 4.69) is 10.6 Å². The smallest absolute Gasteiger partial charge is 0.265 e. The van der Waals surface area contributed by atoms with E-state index >= 15 is 0 Å². The Morgan fingerprint density at radius 1 is 0.912 bits per heavy atom. The molecule has 2 N–H and O–H groups in total. The molecule has 7 heteroatoms. The van der Waals surface area contributed by atoms with E-state index in [0.717, 1.165) is 11.1 Å². The van der Waals surface area contributed by atoms with Crippen molar-refractivity contribution in [3.05, 3.63) is 83.4 Å². The predicted molar refractivity (Wildman–Crippen MR) is 132 cm³/mol. The molecule has 0 bridgehead atoms. The maximum Gasteiger partial charge on any atom is 0.265 e. The number of methoxy groups -OCH3 is 2. The van der Waals surface area contributed by atoms with Crippen LogP contribution in [0.25, 0.3) is 0 Å². The standard InChI is InChI=1S/C27H30N2O5/c1-18-9-12-21(13-10-18)34-19(2)26(30)29-23-8-6-5-7-22(23)27(31)28-16-15-20-11-14-24(32-3)25(17-20)33-4/h5-14,17,19H,15-16H2,1-4H3,(H,28,31)(H,29,30)/t19-/m1/s1. The monoisotopic (exact) mass is 462 g/mol. The maximum atomic E-state index is 12.8. The van der Waals surface area contributed by atoms with Crippen LogP contribution in [0.15, 0.2) is 66.7 Å². The number of hydrogen-bond acceptors (Lipinski definition) is 5. The number of hydrogen-bond donors (Lipinski definition) is 2. The molecule has 7 nitrogen and oxygen atoms in total. The molecule has 3 rings (SSSR count). The normalized spacial score (nSPS) is 11.3. The van der Waals surface area contributed by atoms with Crippen molar-refractivity contribution in [1.29, 1.82) is 0 Å². The highest BCUT2D eigenvalue weighted by atomic mass is 16.5. The topological polar surface area (TPSA) is 85.9 Å². The first-order valence-corrected chi connectivity index (χ1v) is 11.0. The lowest BCUT2D eigenvalue weighted by molar-refractivity contribution is -0.122. The van der Waals surface area contributed by atoms with Gasteiger partial charge in [0.05, 0.1) is 25.5 Å². The Kier molecular flexibility index (Phi) is 8.51. The van der Waals surface area contributed by atoms with Crippen LogP contribution in [0.1, 0.15) is 28.4 Å². The van der Waals surface area contributed by atoms with E-state index in [-0.39, 0.29) is 11.8 Å². The number of nitrogens with one attached hydrogen (secondary N) is 2. The minimum absolute atomic E-state index is 0.275. The summed E-state index contributed by atoms with van der Waals surface area (Å²) in [5.74, 6) is 1.28. The zero-order chi connectivity index (χ0) is 24.5. The molecule has 0 aromatic heterocycles. The number of carbonyl (C=O) groups excluding carboxylic acids is 2. The highest BCUT2D eigenvalue weighted by Crippen LogP contribution is 2.27. The maximum absolute atomic E-state index is 12.8. The van der Waals surface area contributed by atoms with E-state index in [4.69, 9.17) is 14.2 Å². The fourth-order valence-electron chi connectivity index (χ4n) is 3.35. The summed E-state index contributed by atoms with van der Waals surface area (Å²) in [5.41, 5.74) is 2.92. The molecule has 3 aromatic carbocycles. The second kappa shape index (κ2) is 11.7. The summed E-state index contributed by atoms with van der Waals surface area (Å²) < 4.78 is 16.3. The van der Waals surface area contributed by atoms with Gasteiger partial charge in [-0.15, -0.1) is 0 Å². The van der Waals surface area contributed by atoms with Crippen LogP contribution in [0.2, 0.25) is 0 Å². The van der Waals surface area contributed by atoms with E-state index in [1.54, 1.807) is 45.4 Å². The zero-order valence-corrected chi connectivity index (χ0v) is 19.9. The minimum Gasteiger partial charge on any atom is -0.493 e. The van der Waals surface area contributed by atoms with Crippen LogP contribution in [0, 0.1) is 6.92 Å². The van der Waals surface area contributed by atoms with E-state index in [1.807, 2.05) is 49.4 Å². The van der Waals surface area contributed by atoms with Crippen molar-refractivity contribution in [3.8, 4) is 17.2 Å². The predicted octanol–water partition coefficient (Wildman–Crippen LogP) is 4.39. The molecule has 3 aromatic rings. The highest BCUT2D eigenvalue weighted by Gasteiger charge is 2.18. The fourth-order valence-corrected chi connectivity index (χ4v) is 3.35. The number of anilines is 1. The lowest BCUT2D eigenvalue weighted by Gasteiger charge is -2.16. The van der Waals surface area contributed by atoms with Gasteiger partial charge in [-0.05, 0) is 62.2 Å². The molecular weight excluding hydrogens is 432 g/mol. The van der Waals surface area contributed by atoms with Crippen molar-refractivity contribution in [2.45, 2.75) is 26.4 Å². The van der Waals surface area contributed by atoms with Gasteiger partial charge in [0.15, 0.2) is 17.6 Å². The lowest BCUT2D eigenvalue weighted by Crippen LogP contribution is -2.32. The minimum atomic E-state index is -0.733. The van der Waals surface area contributed by atoms with Crippen molar-refractivity contribution in [1.82, 2.24) is 5.32 Å². The van der Waals surface area contributed by atoms with Gasteiger partial charge < -0.3 is 24.8 Å². The van der Waals surface area contributed by atoms with E-state index in [0.29, 0.717) is 41.5 Å². The molecule has 0 fully saturated rings. The van der Waals surface area contributed by atoms with Gasteiger partial charge in [-0.3, -0.25) is 9.59 Å². The molecule has 178 valence electrons. The summed E-state index contributed by atoms with van der Waals surface area (Å²) >= 11 is 0. The molecule has 0 spiro atoms. The van der Waals surface area contributed by atoms with Crippen molar-refractivity contribution >= 4 is 17.5 Å². The Morgan fingerprint density at radius 2 is 1.62 bits per heavy atom. The van der Waals surface area contributed by atoms with Gasteiger partial charge in [0, 0.05) is 6.54 Å². The molecule has 0 heterocycles. The van der Waals surface area contributed by atoms with Crippen LogP contribution in [0.4, 0.5) is 5.69 Å². The van der Waals surface area contributed by atoms with Gasteiger partial charge in [0.1, 0.15) is 5.75 Å². The second-order valence-corrected chi connectivity index (χ2v) is 7.80. The first-order chi connectivity index (χ1) is 16.4. The molecule has 2 amide bonds. The van der Waals surface area contributed by atoms with E-state index in [9.17, 15) is 9.59 Å². The Bertz CT molecular complexity index is 1130. The van der Waals surface area contributed by atoms with Crippen LogP contribution < -0.4 is 24.8 Å². The van der Waals surface area contributed by atoms with Crippen LogP contribution in [0.5, 0.6) is 17.2 Å². The second-order valence-electron chi connectivity index (χ2n) is 7.80. The first kappa shape index (κ1) is 24.6. The Balaban J connectivity index is 1.59. The lowest BCUT2D eigenvalue weighted by atomic mass is 10.1. The molecule has 1 atom stereocenters. The average Bonchev–Trinajstić information content (AvgIpc) is 2.85. The molecule has 0 saturated carbocycles. The van der Waals surface area contributed by atoms with Crippen LogP contribution in [0.3, 0.4) is 0 Å². The number of aryl methyl sites for hydroxylation is 1. The molecule has 0 aliphatic carbocycles. The summed E-state index contributed by atoms with van der Waals surface area (Å²) in [6.07, 6.45) is -0.119. The summed E-state index contributed by atoms with van der Waals surface area (Å²) in [4.78, 5) is 25.5. The molecular formula is C27H30N2O5. The highest BCUT2D eigenvalue weighted by molar-refractivity contribution is 6.04. The number of benzene rings is 3. The Morgan fingerprint density at radius 3 is 2.32 bits per heavy atom. The Labute approximate surface area is 200 Å². The number of para-hydroxylation sites is 1. The van der Waals surface area contributed by atoms with Gasteiger partial charge in [-0.1, -0.05) is 35.9 Å². The van der Waals surface area contributed by atoms with Gasteiger partial charge >= 0.3 is 0 Å². The summed E-state index contributed by atoms with van der Waals surface area (Å²) in [6, 6.07) is 20.0.